The largest absolute Gasteiger partial charge is 0.466 e. The number of fused-ring (bicyclic) bond motifs is 1. The van der Waals surface area contributed by atoms with E-state index >= 15 is 0 Å². The van der Waals surface area contributed by atoms with Crippen LogP contribution in [0.4, 0.5) is 5.69 Å². The number of thiazole rings is 1. The normalized spacial score (nSPS) is 14.6. The van der Waals surface area contributed by atoms with Gasteiger partial charge in [0.2, 0.25) is 0 Å². The molecule has 0 bridgehead atoms. The quantitative estimate of drug-likeness (QED) is 0.111. The van der Waals surface area contributed by atoms with Crippen LogP contribution in [-0.2, 0) is 9.53 Å². The molecule has 1 aliphatic heterocycles. The van der Waals surface area contributed by atoms with Gasteiger partial charge in [0.05, 0.1) is 33.9 Å². The van der Waals surface area contributed by atoms with Gasteiger partial charge in [0, 0.05) is 39.0 Å². The second-order valence-corrected chi connectivity index (χ2v) is 12.9. The maximum Gasteiger partial charge on any atom is 0.338 e. The number of nitro benzene ring substituents is 1. The van der Waals surface area contributed by atoms with E-state index in [1.165, 1.54) is 42.3 Å². The predicted molar refractivity (Wildman–Crippen MR) is 179 cm³/mol. The Balaban J connectivity index is 1.36. The number of allylic oxidation sites excluding steroid dienone is 1. The number of aryl methyl sites for hydroxylation is 1. The summed E-state index contributed by atoms with van der Waals surface area (Å²) in [5.74, 6) is -0.496. The molecule has 0 aliphatic carbocycles. The first kappa shape index (κ1) is 31.0. The van der Waals surface area contributed by atoms with E-state index in [-0.39, 0.29) is 11.2 Å². The van der Waals surface area contributed by atoms with Gasteiger partial charge in [-0.25, -0.2) is 9.79 Å². The van der Waals surface area contributed by atoms with Crippen molar-refractivity contribution < 1.29 is 14.5 Å². The standard InChI is InChI=1S/C35H30N4O5S2/c1-5-29-31(34(41)44-4)32(23-9-7-6-8-10-23)38-33(40)30(46-35(38)36-29)20-24-19-21(2)37(22(24)3)25-11-15-27(16-12-25)45-28-17-13-26(14-18-28)39(42)43/h6-20,32H,5H2,1-4H3/b30-20-/t32-/m1/s1. The Labute approximate surface area is 273 Å². The van der Waals surface area contributed by atoms with Crippen LogP contribution in [-0.4, -0.2) is 27.1 Å². The molecule has 0 unspecified atom stereocenters. The maximum atomic E-state index is 14.0. The molecule has 0 N–H and O–H groups in total. The average Bonchev–Trinajstić information content (AvgIpc) is 3.53. The Hall–Kier alpha value is -5.00. The number of nitrogens with zero attached hydrogens (tertiary/aromatic N) is 4. The fourth-order valence-corrected chi connectivity index (χ4v) is 7.55. The molecular formula is C35H30N4O5S2. The Bertz CT molecular complexity index is 2180. The highest BCUT2D eigenvalue weighted by Crippen LogP contribution is 2.33. The molecule has 232 valence electrons. The number of carbonyl (C=O) groups is 1. The van der Waals surface area contributed by atoms with E-state index in [1.807, 2.05) is 81.4 Å². The Kier molecular flexibility index (Phi) is 8.61. The summed E-state index contributed by atoms with van der Waals surface area (Å²) in [6.07, 6.45) is 2.42. The van der Waals surface area contributed by atoms with Crippen LogP contribution >= 0.6 is 23.1 Å². The fraction of sp³-hybridized carbons (Fsp3) is 0.171. The number of carbonyl (C=O) groups excluding carboxylic acids is 1. The van der Waals surface area contributed by atoms with E-state index in [4.69, 9.17) is 9.73 Å². The minimum absolute atomic E-state index is 0.0648. The summed E-state index contributed by atoms with van der Waals surface area (Å²) in [4.78, 5) is 44.8. The zero-order valence-corrected chi connectivity index (χ0v) is 27.2. The van der Waals surface area contributed by atoms with Gasteiger partial charge >= 0.3 is 5.97 Å². The van der Waals surface area contributed by atoms with Crippen LogP contribution in [0.15, 0.2) is 116 Å². The molecule has 6 rings (SSSR count). The van der Waals surface area contributed by atoms with Crippen molar-refractivity contribution in [2.75, 3.05) is 7.11 Å². The molecule has 0 saturated heterocycles. The van der Waals surface area contributed by atoms with Crippen LogP contribution in [0.3, 0.4) is 0 Å². The summed E-state index contributed by atoms with van der Waals surface area (Å²) in [5, 5.41) is 11.0. The summed E-state index contributed by atoms with van der Waals surface area (Å²) < 4.78 is 9.42. The van der Waals surface area contributed by atoms with Crippen molar-refractivity contribution >= 4 is 40.8 Å². The van der Waals surface area contributed by atoms with Crippen LogP contribution in [0, 0.1) is 24.0 Å². The Morgan fingerprint density at radius 2 is 1.70 bits per heavy atom. The van der Waals surface area contributed by atoms with Crippen molar-refractivity contribution in [1.82, 2.24) is 9.13 Å². The number of rotatable bonds is 8. The number of hydrogen-bond acceptors (Lipinski definition) is 8. The van der Waals surface area contributed by atoms with E-state index in [0.717, 1.165) is 38.0 Å². The fourth-order valence-electron chi connectivity index (χ4n) is 5.72. The summed E-state index contributed by atoms with van der Waals surface area (Å²) >= 11 is 2.84. The topological polar surface area (TPSA) is 109 Å². The first-order valence-corrected chi connectivity index (χ1v) is 16.2. The lowest BCUT2D eigenvalue weighted by molar-refractivity contribution is -0.384. The third kappa shape index (κ3) is 5.75. The van der Waals surface area contributed by atoms with E-state index in [9.17, 15) is 19.7 Å². The predicted octanol–water partition coefficient (Wildman–Crippen LogP) is 6.27. The third-order valence-corrected chi connectivity index (χ3v) is 9.90. The summed E-state index contributed by atoms with van der Waals surface area (Å²) in [6.45, 7) is 5.98. The van der Waals surface area contributed by atoms with E-state index in [2.05, 4.69) is 10.6 Å². The number of methoxy groups -OCH3 is 1. The highest BCUT2D eigenvalue weighted by molar-refractivity contribution is 7.99. The van der Waals surface area contributed by atoms with Crippen LogP contribution in [0.25, 0.3) is 11.8 Å². The summed E-state index contributed by atoms with van der Waals surface area (Å²) in [5.41, 5.74) is 5.52. The van der Waals surface area contributed by atoms with Gasteiger partial charge in [0.25, 0.3) is 11.2 Å². The molecule has 3 aromatic carbocycles. The monoisotopic (exact) mass is 650 g/mol. The minimum atomic E-state index is -0.642. The second kappa shape index (κ2) is 12.8. The van der Waals surface area contributed by atoms with Crippen molar-refractivity contribution in [2.45, 2.75) is 43.0 Å². The number of benzene rings is 3. The van der Waals surface area contributed by atoms with Gasteiger partial charge in [0.15, 0.2) is 4.80 Å². The van der Waals surface area contributed by atoms with Gasteiger partial charge < -0.3 is 9.30 Å². The zero-order valence-electron chi connectivity index (χ0n) is 25.6. The Morgan fingerprint density at radius 1 is 1.04 bits per heavy atom. The molecule has 9 nitrogen and oxygen atoms in total. The molecule has 0 spiro atoms. The third-order valence-electron chi connectivity index (χ3n) is 7.90. The molecule has 0 saturated carbocycles. The molecule has 11 heteroatoms. The lowest BCUT2D eigenvalue weighted by Crippen LogP contribution is -2.40. The molecule has 2 aromatic heterocycles. The SMILES string of the molecule is CCC1=C(C(=O)OC)[C@@H](c2ccccc2)n2c(s/c(=C\c3cc(C)n(-c4ccc(Sc5ccc([N+](=O)[O-])cc5)cc4)c3C)c2=O)=N1. The lowest BCUT2D eigenvalue weighted by atomic mass is 9.95. The lowest BCUT2D eigenvalue weighted by Gasteiger charge is -2.25. The Morgan fingerprint density at radius 3 is 2.30 bits per heavy atom. The van der Waals surface area contributed by atoms with Crippen molar-refractivity contribution in [2.24, 2.45) is 4.99 Å². The summed E-state index contributed by atoms with van der Waals surface area (Å²) in [6, 6.07) is 25.5. The van der Waals surface area contributed by atoms with Crippen molar-refractivity contribution in [3.63, 3.8) is 0 Å². The number of hydrogen-bond donors (Lipinski definition) is 0. The molecular weight excluding hydrogens is 621 g/mol. The summed E-state index contributed by atoms with van der Waals surface area (Å²) in [7, 11) is 1.34. The first-order valence-electron chi connectivity index (χ1n) is 14.6. The van der Waals surface area contributed by atoms with E-state index in [0.29, 0.717) is 27.0 Å². The first-order chi connectivity index (χ1) is 22.2. The van der Waals surface area contributed by atoms with Gasteiger partial charge in [-0.3, -0.25) is 19.5 Å². The van der Waals surface area contributed by atoms with Crippen LogP contribution in [0.5, 0.6) is 0 Å². The van der Waals surface area contributed by atoms with E-state index in [1.54, 1.807) is 16.7 Å². The second-order valence-electron chi connectivity index (χ2n) is 10.7. The minimum Gasteiger partial charge on any atom is -0.466 e. The molecule has 3 heterocycles. The molecule has 46 heavy (non-hydrogen) atoms. The van der Waals surface area contributed by atoms with Gasteiger partial charge in [-0.1, -0.05) is 60.4 Å². The highest BCUT2D eigenvalue weighted by atomic mass is 32.2. The van der Waals surface area contributed by atoms with Crippen LogP contribution in [0.1, 0.15) is 41.9 Å². The smallest absolute Gasteiger partial charge is 0.338 e. The van der Waals surface area contributed by atoms with Crippen LogP contribution < -0.4 is 14.9 Å². The van der Waals surface area contributed by atoms with Crippen molar-refractivity contribution in [3.8, 4) is 5.69 Å². The van der Waals surface area contributed by atoms with Gasteiger partial charge in [-0.15, -0.1) is 0 Å². The highest BCUT2D eigenvalue weighted by Gasteiger charge is 2.33. The molecule has 5 aromatic rings. The van der Waals surface area contributed by atoms with Gasteiger partial charge in [-0.05, 0) is 79.9 Å². The molecule has 0 fully saturated rings. The number of aromatic nitrogens is 2. The maximum absolute atomic E-state index is 14.0. The zero-order chi connectivity index (χ0) is 32.5. The number of nitro groups is 1. The molecule has 0 radical (unpaired) electrons. The van der Waals surface area contributed by atoms with Crippen molar-refractivity contribution in [1.29, 1.82) is 0 Å². The average molecular weight is 651 g/mol. The molecule has 1 aliphatic rings. The van der Waals surface area contributed by atoms with Crippen LogP contribution in [0.2, 0.25) is 0 Å². The van der Waals surface area contributed by atoms with Gasteiger partial charge in [0.1, 0.15) is 0 Å². The number of ether oxygens (including phenoxy) is 1. The van der Waals surface area contributed by atoms with E-state index < -0.39 is 16.9 Å². The molecule has 0 amide bonds. The molecule has 1 atom stereocenters. The number of non-ortho nitro benzene ring substituents is 1. The number of esters is 1. The van der Waals surface area contributed by atoms with Gasteiger partial charge in [-0.2, -0.15) is 0 Å². The van der Waals surface area contributed by atoms with Crippen molar-refractivity contribution in [3.05, 3.63) is 149 Å².